The van der Waals surface area contributed by atoms with Gasteiger partial charge in [0.25, 0.3) is 0 Å². The topological polar surface area (TPSA) is 38.0 Å². The van der Waals surface area contributed by atoms with Crippen LogP contribution in [0.2, 0.25) is 0 Å². The number of nitrogen functional groups attached to an aromatic ring is 1. The minimum Gasteiger partial charge on any atom is -0.399 e. The highest BCUT2D eigenvalue weighted by Gasteiger charge is 2.31. The molecule has 0 radical (unpaired) electrons. The zero-order valence-electron chi connectivity index (χ0n) is 9.00. The number of piperidine rings is 1. The van der Waals surface area contributed by atoms with Gasteiger partial charge in [0.2, 0.25) is 0 Å². The molecule has 0 aromatic heterocycles. The molecule has 2 aliphatic rings. The van der Waals surface area contributed by atoms with Gasteiger partial charge in [-0.05, 0) is 61.4 Å². The standard InChI is InChI=1S/C13H18N2/c14-10-5-3-9-4-6-13-11(12(9)8-10)2-1-7-15-13/h3,5,8,11,13,15H,1-2,4,6-7,14H2/t11-,13?/m1/s1. The molecule has 0 bridgehead atoms. The smallest absolute Gasteiger partial charge is 0.0317 e. The summed E-state index contributed by atoms with van der Waals surface area (Å²) in [4.78, 5) is 0. The average Bonchev–Trinajstić information content (AvgIpc) is 2.29. The normalized spacial score (nSPS) is 29.3. The molecular weight excluding hydrogens is 184 g/mol. The van der Waals surface area contributed by atoms with Crippen LogP contribution in [-0.4, -0.2) is 12.6 Å². The molecule has 1 aliphatic heterocycles. The summed E-state index contributed by atoms with van der Waals surface area (Å²) in [5.74, 6) is 0.714. The highest BCUT2D eigenvalue weighted by molar-refractivity contribution is 5.47. The van der Waals surface area contributed by atoms with Crippen molar-refractivity contribution in [1.29, 1.82) is 0 Å². The Balaban J connectivity index is 2.01. The molecule has 1 aliphatic carbocycles. The van der Waals surface area contributed by atoms with Crippen LogP contribution in [0, 0.1) is 0 Å². The summed E-state index contributed by atoms with van der Waals surface area (Å²) < 4.78 is 0. The van der Waals surface area contributed by atoms with Gasteiger partial charge in [0.15, 0.2) is 0 Å². The molecular formula is C13H18N2. The fourth-order valence-corrected chi connectivity index (χ4v) is 3.13. The minimum absolute atomic E-state index is 0.702. The fourth-order valence-electron chi connectivity index (χ4n) is 3.13. The fraction of sp³-hybridized carbons (Fsp3) is 0.538. The monoisotopic (exact) mass is 202 g/mol. The van der Waals surface area contributed by atoms with Gasteiger partial charge in [0.05, 0.1) is 0 Å². The molecule has 1 unspecified atom stereocenters. The van der Waals surface area contributed by atoms with E-state index in [0.717, 1.165) is 5.69 Å². The van der Waals surface area contributed by atoms with Gasteiger partial charge in [0, 0.05) is 11.7 Å². The Hall–Kier alpha value is -1.02. The second-order valence-electron chi connectivity index (χ2n) is 4.81. The van der Waals surface area contributed by atoms with Crippen LogP contribution in [0.25, 0.3) is 0 Å². The molecule has 0 amide bonds. The van der Waals surface area contributed by atoms with Gasteiger partial charge in [-0.15, -0.1) is 0 Å². The Morgan fingerprint density at radius 2 is 2.20 bits per heavy atom. The number of nitrogens with one attached hydrogen (secondary N) is 1. The van der Waals surface area contributed by atoms with Crippen molar-refractivity contribution in [2.24, 2.45) is 0 Å². The zero-order valence-corrected chi connectivity index (χ0v) is 9.00. The molecule has 2 nitrogen and oxygen atoms in total. The average molecular weight is 202 g/mol. The number of nitrogens with two attached hydrogens (primary N) is 1. The maximum atomic E-state index is 5.88. The molecule has 80 valence electrons. The predicted octanol–water partition coefficient (Wildman–Crippen LogP) is 2.05. The number of rotatable bonds is 0. The van der Waals surface area contributed by atoms with Crippen molar-refractivity contribution in [2.75, 3.05) is 12.3 Å². The van der Waals surface area contributed by atoms with E-state index in [0.29, 0.717) is 12.0 Å². The predicted molar refractivity (Wildman–Crippen MR) is 62.9 cm³/mol. The Kier molecular flexibility index (Phi) is 2.17. The molecule has 2 atom stereocenters. The third kappa shape index (κ3) is 1.53. The van der Waals surface area contributed by atoms with Gasteiger partial charge in [-0.3, -0.25) is 0 Å². The highest BCUT2D eigenvalue weighted by Crippen LogP contribution is 2.37. The third-order valence-corrected chi connectivity index (χ3v) is 3.88. The maximum Gasteiger partial charge on any atom is 0.0317 e. The van der Waals surface area contributed by atoms with Crippen LogP contribution in [0.15, 0.2) is 18.2 Å². The Morgan fingerprint density at radius 1 is 1.27 bits per heavy atom. The molecule has 2 heteroatoms. The van der Waals surface area contributed by atoms with Crippen molar-refractivity contribution in [3.63, 3.8) is 0 Å². The lowest BCUT2D eigenvalue weighted by atomic mass is 9.75. The lowest BCUT2D eigenvalue weighted by molar-refractivity contribution is 0.319. The first-order valence-corrected chi connectivity index (χ1v) is 5.96. The first-order chi connectivity index (χ1) is 7.34. The number of hydrogen-bond donors (Lipinski definition) is 2. The summed E-state index contributed by atoms with van der Waals surface area (Å²) in [5, 5.41) is 3.64. The van der Waals surface area contributed by atoms with E-state index >= 15 is 0 Å². The lowest BCUT2D eigenvalue weighted by Gasteiger charge is -2.38. The van der Waals surface area contributed by atoms with Gasteiger partial charge in [-0.2, -0.15) is 0 Å². The maximum absolute atomic E-state index is 5.88. The Bertz CT molecular complexity index is 373. The third-order valence-electron chi connectivity index (χ3n) is 3.88. The minimum atomic E-state index is 0.702. The number of hydrogen-bond acceptors (Lipinski definition) is 2. The van der Waals surface area contributed by atoms with Crippen molar-refractivity contribution >= 4 is 5.69 Å². The van der Waals surface area contributed by atoms with Gasteiger partial charge in [-0.25, -0.2) is 0 Å². The molecule has 1 heterocycles. The summed E-state index contributed by atoms with van der Waals surface area (Å²) in [6.07, 6.45) is 5.13. The van der Waals surface area contributed by atoms with Crippen LogP contribution >= 0.6 is 0 Å². The number of benzene rings is 1. The van der Waals surface area contributed by atoms with Gasteiger partial charge < -0.3 is 11.1 Å². The van der Waals surface area contributed by atoms with E-state index in [1.54, 1.807) is 0 Å². The van der Waals surface area contributed by atoms with E-state index in [4.69, 9.17) is 5.73 Å². The van der Waals surface area contributed by atoms with Crippen LogP contribution in [0.3, 0.4) is 0 Å². The molecule has 1 saturated heterocycles. The lowest BCUT2D eigenvalue weighted by Crippen LogP contribution is -2.42. The van der Waals surface area contributed by atoms with Crippen LogP contribution in [0.1, 0.15) is 36.3 Å². The first-order valence-electron chi connectivity index (χ1n) is 5.96. The molecule has 3 N–H and O–H groups in total. The van der Waals surface area contributed by atoms with Crippen molar-refractivity contribution in [1.82, 2.24) is 5.32 Å². The van der Waals surface area contributed by atoms with Crippen molar-refractivity contribution in [2.45, 2.75) is 37.6 Å². The molecule has 1 fully saturated rings. The molecule has 3 rings (SSSR count). The molecule has 15 heavy (non-hydrogen) atoms. The summed E-state index contributed by atoms with van der Waals surface area (Å²) in [7, 11) is 0. The van der Waals surface area contributed by atoms with E-state index in [1.807, 2.05) is 6.07 Å². The van der Waals surface area contributed by atoms with Crippen LogP contribution < -0.4 is 11.1 Å². The largest absolute Gasteiger partial charge is 0.399 e. The zero-order chi connectivity index (χ0) is 10.3. The van der Waals surface area contributed by atoms with E-state index < -0.39 is 0 Å². The van der Waals surface area contributed by atoms with Gasteiger partial charge >= 0.3 is 0 Å². The van der Waals surface area contributed by atoms with E-state index in [1.165, 1.54) is 43.4 Å². The van der Waals surface area contributed by atoms with Crippen LogP contribution in [-0.2, 0) is 6.42 Å². The summed E-state index contributed by atoms with van der Waals surface area (Å²) >= 11 is 0. The molecule has 1 aromatic rings. The number of aryl methyl sites for hydroxylation is 1. The molecule has 0 saturated carbocycles. The summed E-state index contributed by atoms with van der Waals surface area (Å²) in [5.41, 5.74) is 9.83. The summed E-state index contributed by atoms with van der Waals surface area (Å²) in [6.45, 7) is 1.19. The molecule has 1 aromatic carbocycles. The van der Waals surface area contributed by atoms with Crippen LogP contribution in [0.5, 0.6) is 0 Å². The Morgan fingerprint density at radius 3 is 3.13 bits per heavy atom. The van der Waals surface area contributed by atoms with Crippen LogP contribution in [0.4, 0.5) is 5.69 Å². The first kappa shape index (κ1) is 9.22. The van der Waals surface area contributed by atoms with Crippen molar-refractivity contribution < 1.29 is 0 Å². The second kappa shape index (κ2) is 3.53. The number of fused-ring (bicyclic) bond motifs is 3. The summed E-state index contributed by atoms with van der Waals surface area (Å²) in [6, 6.07) is 7.15. The van der Waals surface area contributed by atoms with Crippen molar-refractivity contribution in [3.05, 3.63) is 29.3 Å². The Labute approximate surface area is 90.9 Å². The highest BCUT2D eigenvalue weighted by atomic mass is 14.9. The second-order valence-corrected chi connectivity index (χ2v) is 4.81. The molecule has 0 spiro atoms. The van der Waals surface area contributed by atoms with Gasteiger partial charge in [0.1, 0.15) is 0 Å². The van der Waals surface area contributed by atoms with E-state index in [-0.39, 0.29) is 0 Å². The van der Waals surface area contributed by atoms with Gasteiger partial charge in [-0.1, -0.05) is 6.07 Å². The van der Waals surface area contributed by atoms with E-state index in [9.17, 15) is 0 Å². The number of anilines is 1. The van der Waals surface area contributed by atoms with Crippen molar-refractivity contribution in [3.8, 4) is 0 Å². The quantitative estimate of drug-likeness (QED) is 0.632. The van der Waals surface area contributed by atoms with E-state index in [2.05, 4.69) is 17.4 Å². The SMILES string of the molecule is Nc1ccc2c(c1)[C@H]1CCCNC1CC2.